The van der Waals surface area contributed by atoms with Gasteiger partial charge < -0.3 is 15.6 Å². The molecule has 192 valence electrons. The van der Waals surface area contributed by atoms with Gasteiger partial charge in [-0.1, -0.05) is 12.1 Å². The number of aromatic nitrogens is 2. The Labute approximate surface area is 228 Å². The lowest BCUT2D eigenvalue weighted by atomic mass is 10.0. The van der Waals surface area contributed by atoms with Crippen molar-refractivity contribution in [1.82, 2.24) is 14.5 Å². The van der Waals surface area contributed by atoms with Gasteiger partial charge >= 0.3 is 5.69 Å². The van der Waals surface area contributed by atoms with E-state index < -0.39 is 4.92 Å². The fraction of sp³-hybridized carbons (Fsp3) is 0.320. The fourth-order valence-electron chi connectivity index (χ4n) is 4.91. The summed E-state index contributed by atoms with van der Waals surface area (Å²) in [5.41, 5.74) is 7.66. The number of halogens is 2. The molecule has 37 heavy (non-hydrogen) atoms. The molecule has 5 rings (SSSR count). The summed E-state index contributed by atoms with van der Waals surface area (Å²) >= 11 is 6.72. The van der Waals surface area contributed by atoms with Crippen LogP contribution >= 0.6 is 31.9 Å². The number of piperidine rings is 1. The minimum atomic E-state index is -0.475. The highest BCUT2D eigenvalue weighted by molar-refractivity contribution is 9.11. The molecule has 1 amide bonds. The van der Waals surface area contributed by atoms with E-state index in [0.717, 1.165) is 0 Å². The molecule has 1 saturated heterocycles. The first kappa shape index (κ1) is 25.4. The second-order valence-corrected chi connectivity index (χ2v) is 11.1. The molecule has 1 aromatic heterocycles. The van der Waals surface area contributed by atoms with Gasteiger partial charge in [0.1, 0.15) is 0 Å². The molecular weight excluding hydrogens is 610 g/mol. The number of non-ortho nitro benzene ring substituents is 1. The summed E-state index contributed by atoms with van der Waals surface area (Å²) < 4.78 is 2.87. The van der Waals surface area contributed by atoms with Gasteiger partial charge in [-0.15, -0.1) is 0 Å². The van der Waals surface area contributed by atoms with E-state index in [2.05, 4.69) is 36.8 Å². The largest absolute Gasteiger partial charge is 0.397 e. The van der Waals surface area contributed by atoms with Gasteiger partial charge in [-0.25, -0.2) is 4.79 Å². The Kier molecular flexibility index (Phi) is 6.80. The van der Waals surface area contributed by atoms with E-state index in [0.29, 0.717) is 63.8 Å². The van der Waals surface area contributed by atoms with E-state index in [1.165, 1.54) is 12.1 Å². The first-order chi connectivity index (χ1) is 17.6. The Balaban J connectivity index is 1.21. The van der Waals surface area contributed by atoms with Gasteiger partial charge in [0, 0.05) is 69.4 Å². The predicted molar refractivity (Wildman–Crippen MR) is 144 cm³/mol. The number of benzene rings is 2. The standard InChI is InChI=1S/C25H23Br2N5O5/c26-19-9-14(10-20(27)22(19)28)23(33)17-11-18(17)24(34)30-6-4-15(5-7-30)31-12-21(29-25(31)35)13-2-1-3-16(8-13)32(36)37/h1-3,8-10,12,15,17-18H,4-7,11,28H2,(H,29,35). The summed E-state index contributed by atoms with van der Waals surface area (Å²) in [7, 11) is 0. The van der Waals surface area contributed by atoms with Crippen LogP contribution in [0.2, 0.25) is 0 Å². The molecule has 3 aromatic rings. The van der Waals surface area contributed by atoms with E-state index in [-0.39, 0.29) is 40.9 Å². The van der Waals surface area contributed by atoms with Crippen LogP contribution in [0.3, 0.4) is 0 Å². The number of nitro benzene ring substituents is 1. The number of nitrogens with two attached hydrogens (primary N) is 1. The monoisotopic (exact) mass is 631 g/mol. The zero-order valence-corrected chi connectivity index (χ0v) is 22.7. The number of amides is 1. The summed E-state index contributed by atoms with van der Waals surface area (Å²) in [6, 6.07) is 9.38. The SMILES string of the molecule is Nc1c(Br)cc(C(=O)C2CC2C(=O)N2CCC(n3cc(-c4cccc([N+](=O)[O-])c4)[nH]c3=O)CC2)cc1Br. The number of aromatic amines is 1. The van der Waals surface area contributed by atoms with Gasteiger partial charge in [0.05, 0.1) is 16.3 Å². The van der Waals surface area contributed by atoms with E-state index in [9.17, 15) is 24.5 Å². The van der Waals surface area contributed by atoms with Crippen molar-refractivity contribution >= 4 is 54.9 Å². The summed E-state index contributed by atoms with van der Waals surface area (Å²) in [5, 5.41) is 11.1. The number of carbonyl (C=O) groups is 2. The summed E-state index contributed by atoms with van der Waals surface area (Å²) in [5.74, 6) is -0.752. The maximum Gasteiger partial charge on any atom is 0.326 e. The maximum absolute atomic E-state index is 13.1. The van der Waals surface area contributed by atoms with Crippen LogP contribution in [0.25, 0.3) is 11.3 Å². The summed E-state index contributed by atoms with van der Waals surface area (Å²) in [6.07, 6.45) is 3.41. The Morgan fingerprint density at radius 2 is 1.76 bits per heavy atom. The zero-order chi connectivity index (χ0) is 26.4. The third-order valence-electron chi connectivity index (χ3n) is 7.09. The van der Waals surface area contributed by atoms with Crippen LogP contribution in [0.4, 0.5) is 11.4 Å². The van der Waals surface area contributed by atoms with Crippen molar-refractivity contribution in [2.45, 2.75) is 25.3 Å². The van der Waals surface area contributed by atoms with Crippen molar-refractivity contribution in [3.8, 4) is 11.3 Å². The van der Waals surface area contributed by atoms with Gasteiger partial charge in [-0.3, -0.25) is 24.3 Å². The van der Waals surface area contributed by atoms with E-state index in [1.54, 1.807) is 39.9 Å². The van der Waals surface area contributed by atoms with E-state index in [1.807, 2.05) is 0 Å². The molecule has 10 nitrogen and oxygen atoms in total. The van der Waals surface area contributed by atoms with Crippen molar-refractivity contribution < 1.29 is 14.5 Å². The van der Waals surface area contributed by atoms with Gasteiger partial charge in [-0.2, -0.15) is 0 Å². The molecule has 2 unspecified atom stereocenters. The number of rotatable bonds is 6. The van der Waals surface area contributed by atoms with Crippen LogP contribution in [0.15, 0.2) is 56.3 Å². The maximum atomic E-state index is 13.1. The van der Waals surface area contributed by atoms with E-state index in [4.69, 9.17) is 5.73 Å². The Morgan fingerprint density at radius 3 is 2.41 bits per heavy atom. The number of hydrogen-bond donors (Lipinski definition) is 2. The zero-order valence-electron chi connectivity index (χ0n) is 19.5. The number of hydrogen-bond acceptors (Lipinski definition) is 6. The van der Waals surface area contributed by atoms with Crippen LogP contribution < -0.4 is 11.4 Å². The minimum absolute atomic E-state index is 0.0240. The van der Waals surface area contributed by atoms with Gasteiger partial charge in [0.25, 0.3) is 5.69 Å². The quantitative estimate of drug-likeness (QED) is 0.177. The molecule has 1 saturated carbocycles. The Bertz CT molecular complexity index is 1450. The topological polar surface area (TPSA) is 144 Å². The number of anilines is 1. The second kappa shape index (κ2) is 9.90. The summed E-state index contributed by atoms with van der Waals surface area (Å²) in [4.78, 5) is 53.8. The number of H-pyrrole nitrogens is 1. The number of nitrogens with one attached hydrogen (secondary N) is 1. The number of likely N-dealkylation sites (tertiary alicyclic amines) is 1. The van der Waals surface area contributed by atoms with Crippen molar-refractivity contribution in [3.05, 3.63) is 77.7 Å². The number of ketones is 1. The molecule has 1 aliphatic carbocycles. The van der Waals surface area contributed by atoms with Crippen LogP contribution in [0, 0.1) is 22.0 Å². The fourth-order valence-corrected chi connectivity index (χ4v) is 6.10. The molecule has 0 spiro atoms. The number of imidazole rings is 1. The molecule has 2 atom stereocenters. The van der Waals surface area contributed by atoms with E-state index >= 15 is 0 Å². The molecule has 1 aliphatic heterocycles. The van der Waals surface area contributed by atoms with Gasteiger partial charge in [0.15, 0.2) is 5.78 Å². The molecule has 0 radical (unpaired) electrons. The predicted octanol–water partition coefficient (Wildman–Crippen LogP) is 4.54. The van der Waals surface area contributed by atoms with Crippen molar-refractivity contribution in [1.29, 1.82) is 0 Å². The Hall–Kier alpha value is -3.25. The third-order valence-corrected chi connectivity index (χ3v) is 8.40. The van der Waals surface area contributed by atoms with Crippen LogP contribution in [-0.4, -0.2) is 44.2 Å². The molecule has 12 heteroatoms. The molecule has 2 heterocycles. The van der Waals surface area contributed by atoms with Crippen molar-refractivity contribution in [2.24, 2.45) is 11.8 Å². The van der Waals surface area contributed by atoms with Crippen molar-refractivity contribution in [3.63, 3.8) is 0 Å². The van der Waals surface area contributed by atoms with Gasteiger partial charge in [-0.05, 0) is 63.3 Å². The first-order valence-electron chi connectivity index (χ1n) is 11.8. The van der Waals surface area contributed by atoms with Crippen molar-refractivity contribution in [2.75, 3.05) is 18.8 Å². The molecule has 3 N–H and O–H groups in total. The lowest BCUT2D eigenvalue weighted by molar-refractivity contribution is -0.384. The first-order valence-corrected chi connectivity index (χ1v) is 13.4. The highest BCUT2D eigenvalue weighted by atomic mass is 79.9. The molecule has 2 aliphatic rings. The molecule has 0 bridgehead atoms. The Morgan fingerprint density at radius 1 is 1.08 bits per heavy atom. The molecule has 2 aromatic carbocycles. The smallest absolute Gasteiger partial charge is 0.326 e. The van der Waals surface area contributed by atoms with Gasteiger partial charge in [0.2, 0.25) is 5.91 Å². The highest BCUT2D eigenvalue weighted by Crippen LogP contribution is 2.44. The summed E-state index contributed by atoms with van der Waals surface area (Å²) in [6.45, 7) is 0.979. The molecular formula is C25H23Br2N5O5. The number of Topliss-reactive ketones (excluding diaryl/α,β-unsaturated/α-hetero) is 1. The number of nitrogen functional groups attached to an aromatic ring is 1. The lowest BCUT2D eigenvalue weighted by Gasteiger charge is -2.32. The minimum Gasteiger partial charge on any atom is -0.397 e. The van der Waals surface area contributed by atoms with Crippen LogP contribution in [0.1, 0.15) is 35.7 Å². The number of nitro groups is 1. The molecule has 2 fully saturated rings. The van der Waals surface area contributed by atoms with Crippen LogP contribution in [-0.2, 0) is 4.79 Å². The normalized spacial score (nSPS) is 19.6. The average Bonchev–Trinajstić information content (AvgIpc) is 3.60. The lowest BCUT2D eigenvalue weighted by Crippen LogP contribution is -2.41. The third kappa shape index (κ3) is 4.99. The number of carbonyl (C=O) groups excluding carboxylic acids is 2. The number of nitrogens with zero attached hydrogens (tertiary/aromatic N) is 3. The second-order valence-electron chi connectivity index (χ2n) is 9.41. The van der Waals surface area contributed by atoms with Crippen LogP contribution in [0.5, 0.6) is 0 Å². The highest BCUT2D eigenvalue weighted by Gasteiger charge is 2.50. The average molecular weight is 633 g/mol.